The van der Waals surface area contributed by atoms with E-state index in [1.807, 2.05) is 20.8 Å². The zero-order valence-electron chi connectivity index (χ0n) is 11.7. The van der Waals surface area contributed by atoms with Gasteiger partial charge in [0.25, 0.3) is 0 Å². The van der Waals surface area contributed by atoms with Gasteiger partial charge < -0.3 is 19.3 Å². The molecule has 4 unspecified atom stereocenters. The Morgan fingerprint density at radius 1 is 1.45 bits per heavy atom. The molecule has 0 aromatic carbocycles. The summed E-state index contributed by atoms with van der Waals surface area (Å²) in [7, 11) is 0. The molecule has 7 heteroatoms. The maximum Gasteiger partial charge on any atom is 0.158 e. The largest absolute Gasteiger partial charge is 0.369 e. The number of imidazole rings is 1. The van der Waals surface area contributed by atoms with E-state index in [4.69, 9.17) is 4.74 Å². The molecule has 0 spiro atoms. The van der Waals surface area contributed by atoms with Gasteiger partial charge >= 0.3 is 0 Å². The Morgan fingerprint density at radius 3 is 2.85 bits per heavy atom. The molecule has 20 heavy (non-hydrogen) atoms. The molecule has 0 bridgehead atoms. The van der Waals surface area contributed by atoms with Crippen molar-refractivity contribution in [2.24, 2.45) is 5.92 Å². The summed E-state index contributed by atoms with van der Waals surface area (Å²) in [6.45, 7) is 5.71. The summed E-state index contributed by atoms with van der Waals surface area (Å²) in [5, 5.41) is 0. The maximum absolute atomic E-state index is 14.4. The Morgan fingerprint density at radius 2 is 2.20 bits per heavy atom. The van der Waals surface area contributed by atoms with E-state index in [9.17, 15) is 4.39 Å². The summed E-state index contributed by atoms with van der Waals surface area (Å²) in [5.41, 5.74) is 1.98. The average Bonchev–Trinajstić information content (AvgIpc) is 2.94. The third-order valence-electron chi connectivity index (χ3n) is 3.84. The summed E-state index contributed by atoms with van der Waals surface area (Å²) < 4.78 is 21.8. The fourth-order valence-electron chi connectivity index (χ4n) is 2.64. The number of hydrogen-bond acceptors (Lipinski definition) is 4. The quantitative estimate of drug-likeness (QED) is 0.778. The van der Waals surface area contributed by atoms with Crippen LogP contribution in [0, 0.1) is 19.2 Å². The van der Waals surface area contributed by atoms with Crippen LogP contribution in [-0.2, 0) is 37.4 Å². The van der Waals surface area contributed by atoms with Crippen LogP contribution in [0.15, 0.2) is 6.33 Å². The molecule has 1 aliphatic heterocycles. The first-order valence-corrected chi connectivity index (χ1v) is 6.50. The van der Waals surface area contributed by atoms with Crippen LogP contribution in [0.1, 0.15) is 32.2 Å². The van der Waals surface area contributed by atoms with E-state index in [-0.39, 0.29) is 44.7 Å². The molecular weight excluding hydrogens is 336 g/mol. The molecule has 3 heterocycles. The molecule has 1 aliphatic rings. The monoisotopic (exact) mass is 352 g/mol. The molecular formula is C13H16FN4OY-. The molecule has 0 amide bonds. The van der Waals surface area contributed by atoms with Crippen molar-refractivity contribution in [3.05, 3.63) is 18.3 Å². The van der Waals surface area contributed by atoms with Crippen molar-refractivity contribution in [1.82, 2.24) is 19.5 Å². The minimum atomic E-state index is -1.06. The van der Waals surface area contributed by atoms with Crippen molar-refractivity contribution in [3.63, 3.8) is 0 Å². The number of ether oxygens (including phenoxy) is 1. The Balaban J connectivity index is 0.00000147. The Bertz CT molecular complexity index is 605. The van der Waals surface area contributed by atoms with E-state index >= 15 is 0 Å². The van der Waals surface area contributed by atoms with Crippen molar-refractivity contribution >= 4 is 11.2 Å². The topological polar surface area (TPSA) is 52.8 Å². The summed E-state index contributed by atoms with van der Waals surface area (Å²) in [6.07, 6.45) is 3.15. The minimum absolute atomic E-state index is 0. The third-order valence-corrected chi connectivity index (χ3v) is 3.84. The number of alkyl halides is 1. The van der Waals surface area contributed by atoms with E-state index in [1.54, 1.807) is 10.9 Å². The number of hydrogen-bond donors (Lipinski definition) is 0. The summed E-state index contributed by atoms with van der Waals surface area (Å²) in [4.78, 5) is 12.3. The van der Waals surface area contributed by atoms with E-state index < -0.39 is 12.4 Å². The van der Waals surface area contributed by atoms with E-state index in [0.29, 0.717) is 11.2 Å². The maximum atomic E-state index is 14.4. The molecule has 2 aromatic rings. The molecule has 105 valence electrons. The minimum Gasteiger partial charge on any atom is -0.369 e. The number of halogens is 1. The molecule has 0 N–H and O–H groups in total. The van der Waals surface area contributed by atoms with Gasteiger partial charge in [-0.2, -0.15) is 0 Å². The second-order valence-corrected chi connectivity index (χ2v) is 5.01. The van der Waals surface area contributed by atoms with Crippen molar-refractivity contribution in [2.45, 2.75) is 45.7 Å². The van der Waals surface area contributed by atoms with Gasteiger partial charge in [0.05, 0.1) is 18.1 Å². The van der Waals surface area contributed by atoms with Crippen LogP contribution in [0.25, 0.3) is 11.2 Å². The standard InChI is InChI=1S/C13H16FN4O.Y/c1-4-9-7(2)10(14)13(19-9)18-6-17-11-8(3)15-5-16-12(11)18;/h6-7,9-10,13H,4H2,1-3H3;/q-1;. The molecule has 1 fully saturated rings. The molecule has 1 radical (unpaired) electrons. The van der Waals surface area contributed by atoms with E-state index in [2.05, 4.69) is 21.3 Å². The molecule has 0 saturated carbocycles. The predicted octanol–water partition coefficient (Wildman–Crippen LogP) is 2.21. The zero-order chi connectivity index (χ0) is 13.6. The van der Waals surface area contributed by atoms with Gasteiger partial charge in [-0.25, -0.2) is 4.39 Å². The van der Waals surface area contributed by atoms with Crippen molar-refractivity contribution < 1.29 is 41.8 Å². The third kappa shape index (κ3) is 2.42. The van der Waals surface area contributed by atoms with Gasteiger partial charge in [0.15, 0.2) is 6.23 Å². The van der Waals surface area contributed by atoms with Crippen molar-refractivity contribution in [1.29, 1.82) is 0 Å². The summed E-state index contributed by atoms with van der Waals surface area (Å²) in [5.74, 6) is -0.126. The first-order valence-electron chi connectivity index (χ1n) is 6.50. The van der Waals surface area contributed by atoms with Gasteiger partial charge in [-0.05, 0) is 12.1 Å². The van der Waals surface area contributed by atoms with Gasteiger partial charge in [-0.1, -0.05) is 20.8 Å². The van der Waals surface area contributed by atoms with E-state index in [1.165, 1.54) is 0 Å². The number of aromatic nitrogens is 4. The molecule has 4 atom stereocenters. The fraction of sp³-hybridized carbons (Fsp3) is 0.615. The zero-order valence-corrected chi connectivity index (χ0v) is 14.6. The molecule has 5 nitrogen and oxygen atoms in total. The summed E-state index contributed by atoms with van der Waals surface area (Å²) >= 11 is 0. The second kappa shape index (κ2) is 6.12. The number of fused-ring (bicyclic) bond motifs is 1. The Kier molecular flexibility index (Phi) is 4.87. The fourth-order valence-corrected chi connectivity index (χ4v) is 2.64. The number of aryl methyl sites for hydroxylation is 1. The van der Waals surface area contributed by atoms with Crippen LogP contribution < -0.4 is 0 Å². The smallest absolute Gasteiger partial charge is 0.158 e. The van der Waals surface area contributed by atoms with Crippen molar-refractivity contribution in [3.8, 4) is 0 Å². The molecule has 3 rings (SSSR count). The van der Waals surface area contributed by atoms with Crippen LogP contribution >= 0.6 is 0 Å². The van der Waals surface area contributed by atoms with Gasteiger partial charge in [0.2, 0.25) is 0 Å². The van der Waals surface area contributed by atoms with Crippen LogP contribution in [0.4, 0.5) is 4.39 Å². The average molecular weight is 352 g/mol. The first-order chi connectivity index (χ1) is 9.13. The molecule has 2 aromatic heterocycles. The van der Waals surface area contributed by atoms with E-state index in [0.717, 1.165) is 12.1 Å². The predicted molar refractivity (Wildman–Crippen MR) is 67.2 cm³/mol. The normalized spacial score (nSPS) is 29.6. The van der Waals surface area contributed by atoms with Crippen LogP contribution in [-0.4, -0.2) is 31.8 Å². The van der Waals surface area contributed by atoms with Gasteiger partial charge in [0, 0.05) is 50.5 Å². The van der Waals surface area contributed by atoms with Crippen LogP contribution in [0.2, 0.25) is 0 Å². The molecule has 1 saturated heterocycles. The second-order valence-electron chi connectivity index (χ2n) is 5.01. The van der Waals surface area contributed by atoms with Crippen molar-refractivity contribution in [2.75, 3.05) is 0 Å². The van der Waals surface area contributed by atoms with Gasteiger partial charge in [-0.15, -0.1) is 0 Å². The van der Waals surface area contributed by atoms with Crippen LogP contribution in [0.3, 0.4) is 0 Å². The van der Waals surface area contributed by atoms with Crippen LogP contribution in [0.5, 0.6) is 0 Å². The Hall–Kier alpha value is -0.456. The first kappa shape index (κ1) is 15.9. The van der Waals surface area contributed by atoms with Gasteiger partial charge in [0.1, 0.15) is 6.17 Å². The number of nitrogens with zero attached hydrogens (tertiary/aromatic N) is 4. The van der Waals surface area contributed by atoms with Gasteiger partial charge in [-0.3, -0.25) is 4.98 Å². The molecule has 0 aliphatic carbocycles. The SMILES string of the molecule is CCC1OC(n2cnc3c(C)n[c-]nc32)C(F)C1C.[Y]. The Labute approximate surface area is 142 Å². The number of rotatable bonds is 2. The summed E-state index contributed by atoms with van der Waals surface area (Å²) in [6, 6.07) is 0.